The molecule has 1 aliphatic rings. The molecular weight excluding hydrogens is 438 g/mol. The Kier molecular flexibility index (Phi) is 5.25. The number of carbonyl (C=O) groups excluding carboxylic acids is 1. The Morgan fingerprint density at radius 2 is 1.57 bits per heavy atom. The van der Waals surface area contributed by atoms with Gasteiger partial charge in [0, 0.05) is 21.6 Å². The summed E-state index contributed by atoms with van der Waals surface area (Å²) in [7, 11) is 0. The lowest BCUT2D eigenvalue weighted by Gasteiger charge is -2.28. The molecule has 140 valence electrons. The number of aliphatic hydroxyl groups is 1. The third-order valence-corrected chi connectivity index (χ3v) is 5.83. The van der Waals surface area contributed by atoms with E-state index in [-0.39, 0.29) is 11.7 Å². The minimum atomic E-state index is -0.402. The summed E-state index contributed by atoms with van der Waals surface area (Å²) in [5.74, 6) is -0.588. The first kappa shape index (κ1) is 18.8. The first-order chi connectivity index (χ1) is 13.6. The second-order valence-electron chi connectivity index (χ2n) is 6.61. The lowest BCUT2D eigenvalue weighted by atomic mass is 9.93. The molecule has 4 rings (SSSR count). The largest absolute Gasteiger partial charge is 0.503 e. The first-order valence-electron chi connectivity index (χ1n) is 8.84. The maximum Gasteiger partial charge on any atom is 0.290 e. The predicted molar refractivity (Wildman–Crippen MR) is 115 cm³/mol. The van der Waals surface area contributed by atoms with E-state index in [0.717, 1.165) is 21.2 Å². The van der Waals surface area contributed by atoms with Crippen molar-refractivity contribution in [2.75, 3.05) is 0 Å². The molecule has 0 radical (unpaired) electrons. The third-order valence-electron chi connectivity index (χ3n) is 4.85. The monoisotopic (exact) mass is 453 g/mol. The fourth-order valence-corrected chi connectivity index (χ4v) is 4.16. The molecule has 0 aromatic heterocycles. The molecule has 1 amide bonds. The minimum Gasteiger partial charge on any atom is -0.503 e. The lowest BCUT2D eigenvalue weighted by molar-refractivity contribution is -0.130. The summed E-state index contributed by atoms with van der Waals surface area (Å²) >= 11 is 9.60. The van der Waals surface area contributed by atoms with Crippen molar-refractivity contribution in [2.24, 2.45) is 0 Å². The number of aliphatic hydroxyl groups excluding tert-OH is 1. The van der Waals surface area contributed by atoms with Crippen LogP contribution in [0.15, 0.2) is 89.1 Å². The van der Waals surface area contributed by atoms with Crippen molar-refractivity contribution in [3.05, 3.63) is 111 Å². The fraction of sp³-hybridized carbons (Fsp3) is 0.0870. The van der Waals surface area contributed by atoms with E-state index in [2.05, 4.69) is 15.9 Å². The highest BCUT2D eigenvalue weighted by Gasteiger charge is 2.41. The van der Waals surface area contributed by atoms with Gasteiger partial charge in [-0.2, -0.15) is 0 Å². The van der Waals surface area contributed by atoms with Crippen LogP contribution < -0.4 is 0 Å². The zero-order valence-electron chi connectivity index (χ0n) is 14.8. The van der Waals surface area contributed by atoms with Gasteiger partial charge in [0.05, 0.1) is 6.04 Å². The number of halogens is 2. The Hall–Kier alpha value is -2.56. The summed E-state index contributed by atoms with van der Waals surface area (Å²) in [6.45, 7) is 0.363. The fourth-order valence-electron chi connectivity index (χ4n) is 3.54. The van der Waals surface area contributed by atoms with Crippen molar-refractivity contribution in [2.45, 2.75) is 12.6 Å². The number of carbonyl (C=O) groups is 1. The third kappa shape index (κ3) is 3.46. The van der Waals surface area contributed by atoms with E-state index in [9.17, 15) is 9.90 Å². The molecule has 1 atom stereocenters. The van der Waals surface area contributed by atoms with Crippen molar-refractivity contribution in [1.82, 2.24) is 4.90 Å². The smallest absolute Gasteiger partial charge is 0.290 e. The summed E-state index contributed by atoms with van der Waals surface area (Å²) < 4.78 is 0.886. The van der Waals surface area contributed by atoms with E-state index >= 15 is 0 Å². The number of nitrogens with zero attached hydrogens (tertiary/aromatic N) is 1. The van der Waals surface area contributed by atoms with E-state index in [0.29, 0.717) is 17.1 Å². The zero-order valence-corrected chi connectivity index (χ0v) is 17.2. The topological polar surface area (TPSA) is 40.5 Å². The summed E-state index contributed by atoms with van der Waals surface area (Å²) in [5.41, 5.74) is 3.31. The van der Waals surface area contributed by atoms with Gasteiger partial charge < -0.3 is 10.0 Å². The molecule has 1 heterocycles. The van der Waals surface area contributed by atoms with Gasteiger partial charge in [0.25, 0.3) is 5.91 Å². The lowest BCUT2D eigenvalue weighted by Crippen LogP contribution is -2.30. The van der Waals surface area contributed by atoms with Crippen LogP contribution in [0.4, 0.5) is 0 Å². The van der Waals surface area contributed by atoms with Gasteiger partial charge in [-0.25, -0.2) is 0 Å². The number of rotatable bonds is 4. The van der Waals surface area contributed by atoms with Crippen LogP contribution in [-0.2, 0) is 11.3 Å². The van der Waals surface area contributed by atoms with Crippen molar-refractivity contribution < 1.29 is 9.90 Å². The Bertz CT molecular complexity index is 1050. The summed E-state index contributed by atoms with van der Waals surface area (Å²) in [4.78, 5) is 14.7. The van der Waals surface area contributed by atoms with E-state index in [1.165, 1.54) is 0 Å². The Balaban J connectivity index is 1.83. The van der Waals surface area contributed by atoms with Crippen LogP contribution in [0.5, 0.6) is 0 Å². The minimum absolute atomic E-state index is 0.207. The van der Waals surface area contributed by atoms with Gasteiger partial charge in [0.1, 0.15) is 0 Å². The second kappa shape index (κ2) is 7.82. The zero-order chi connectivity index (χ0) is 19.7. The van der Waals surface area contributed by atoms with Crippen molar-refractivity contribution in [3.63, 3.8) is 0 Å². The molecule has 5 heteroatoms. The second-order valence-corrected chi connectivity index (χ2v) is 7.90. The maximum absolute atomic E-state index is 13.0. The molecule has 3 aromatic carbocycles. The van der Waals surface area contributed by atoms with Crippen LogP contribution in [0.1, 0.15) is 22.7 Å². The quantitative estimate of drug-likeness (QED) is 0.513. The van der Waals surface area contributed by atoms with E-state index < -0.39 is 6.04 Å². The number of amides is 1. The van der Waals surface area contributed by atoms with Crippen molar-refractivity contribution >= 4 is 39.0 Å². The van der Waals surface area contributed by atoms with Crippen LogP contribution in [0.3, 0.4) is 0 Å². The molecular formula is C23H17BrClNO2. The van der Waals surface area contributed by atoms with Gasteiger partial charge >= 0.3 is 0 Å². The number of hydrogen-bond acceptors (Lipinski definition) is 2. The molecule has 0 spiro atoms. The van der Waals surface area contributed by atoms with E-state index in [1.54, 1.807) is 17.0 Å². The van der Waals surface area contributed by atoms with Crippen LogP contribution in [0.2, 0.25) is 5.02 Å². The van der Waals surface area contributed by atoms with Gasteiger partial charge in [0.2, 0.25) is 0 Å². The van der Waals surface area contributed by atoms with E-state index in [4.69, 9.17) is 11.6 Å². The Morgan fingerprint density at radius 1 is 0.929 bits per heavy atom. The number of benzene rings is 3. The average Bonchev–Trinajstić information content (AvgIpc) is 2.95. The molecule has 1 N–H and O–H groups in total. The summed E-state index contributed by atoms with van der Waals surface area (Å²) in [5, 5.41) is 11.4. The normalized spacial score (nSPS) is 16.7. The number of hydrogen-bond donors (Lipinski definition) is 1. The first-order valence-corrected chi connectivity index (χ1v) is 10.0. The van der Waals surface area contributed by atoms with Crippen LogP contribution >= 0.6 is 27.5 Å². The molecule has 0 saturated carbocycles. The standard InChI is InChI=1S/C23H17BrClNO2/c24-19-9-5-4-8-18(19)21-20(16-6-2-1-3-7-16)22(27)23(28)26(21)14-15-10-12-17(25)13-11-15/h1-13,21,27H,14H2/t21-/m1/s1. The molecule has 1 aliphatic heterocycles. The van der Waals surface area contributed by atoms with Gasteiger partial charge in [-0.3, -0.25) is 4.79 Å². The molecule has 3 nitrogen and oxygen atoms in total. The van der Waals surface area contributed by atoms with E-state index in [1.807, 2.05) is 66.7 Å². The van der Waals surface area contributed by atoms with Crippen molar-refractivity contribution in [1.29, 1.82) is 0 Å². The Morgan fingerprint density at radius 3 is 2.25 bits per heavy atom. The summed E-state index contributed by atoms with van der Waals surface area (Å²) in [6, 6.07) is 24.3. The molecule has 0 saturated heterocycles. The molecule has 3 aromatic rings. The average molecular weight is 455 g/mol. The SMILES string of the molecule is O=C1C(O)=C(c2ccccc2)[C@@H](c2ccccc2Br)N1Cc1ccc(Cl)cc1. The molecule has 0 fully saturated rings. The van der Waals surface area contributed by atoms with Gasteiger partial charge in [-0.15, -0.1) is 0 Å². The Labute approximate surface area is 177 Å². The van der Waals surface area contributed by atoms with Gasteiger partial charge in [-0.1, -0.05) is 88.2 Å². The molecule has 0 bridgehead atoms. The van der Waals surface area contributed by atoms with Crippen LogP contribution in [0, 0.1) is 0 Å². The van der Waals surface area contributed by atoms with Gasteiger partial charge in [0.15, 0.2) is 5.76 Å². The highest BCUT2D eigenvalue weighted by Crippen LogP contribution is 2.45. The highest BCUT2D eigenvalue weighted by molar-refractivity contribution is 9.10. The van der Waals surface area contributed by atoms with Gasteiger partial charge in [-0.05, 0) is 34.9 Å². The maximum atomic E-state index is 13.0. The van der Waals surface area contributed by atoms with Crippen LogP contribution in [-0.4, -0.2) is 15.9 Å². The molecule has 0 aliphatic carbocycles. The molecule has 28 heavy (non-hydrogen) atoms. The highest BCUT2D eigenvalue weighted by atomic mass is 79.9. The van der Waals surface area contributed by atoms with Crippen LogP contribution in [0.25, 0.3) is 5.57 Å². The summed E-state index contributed by atoms with van der Waals surface area (Å²) in [6.07, 6.45) is 0. The van der Waals surface area contributed by atoms with Crippen molar-refractivity contribution in [3.8, 4) is 0 Å². The molecule has 0 unspecified atom stereocenters. The predicted octanol–water partition coefficient (Wildman–Crippen LogP) is 6.16.